The number of hydrogen-bond donors (Lipinski definition) is 5. The van der Waals surface area contributed by atoms with Gasteiger partial charge in [0.15, 0.2) is 31.3 Å². The molecule has 0 unspecified atom stereocenters. The molecule has 4 aromatic carbocycles. The van der Waals surface area contributed by atoms with E-state index in [-0.39, 0.29) is 48.8 Å². The van der Waals surface area contributed by atoms with Crippen molar-refractivity contribution in [1.82, 2.24) is 19.9 Å². The summed E-state index contributed by atoms with van der Waals surface area (Å²) in [5, 5.41) is 21.2. The Morgan fingerprint density at radius 1 is 0.643 bits per heavy atom. The molecular weight excluding hydrogens is 972 g/mol. The molecule has 0 spiro atoms. The predicted molar refractivity (Wildman–Crippen MR) is 281 cm³/mol. The van der Waals surface area contributed by atoms with Crippen LogP contribution in [-0.4, -0.2) is 68.0 Å². The van der Waals surface area contributed by atoms with Crippen LogP contribution in [0.4, 0.5) is 46.3 Å². The van der Waals surface area contributed by atoms with Crippen LogP contribution in [-0.2, 0) is 30.5 Å². The van der Waals surface area contributed by atoms with Crippen LogP contribution in [0.5, 0.6) is 11.5 Å². The third-order valence-corrected chi connectivity index (χ3v) is 16.4. The van der Waals surface area contributed by atoms with Crippen molar-refractivity contribution in [3.63, 3.8) is 0 Å². The largest absolute Gasteiger partial charge is 0.495 e. The molecule has 372 valence electrons. The van der Waals surface area contributed by atoms with Crippen molar-refractivity contribution in [2.75, 3.05) is 42.0 Å². The second kappa shape index (κ2) is 22.2. The molecule has 2 heterocycles. The summed E-state index contributed by atoms with van der Waals surface area (Å²) in [4.78, 5) is 17.8. The van der Waals surface area contributed by atoms with E-state index in [0.29, 0.717) is 40.8 Å². The first-order chi connectivity index (χ1) is 32.8. The average molecular weight is 1030 g/mol. The zero-order valence-corrected chi connectivity index (χ0v) is 44.4. The first-order valence-corrected chi connectivity index (χ1v) is 25.9. The van der Waals surface area contributed by atoms with Gasteiger partial charge in [0, 0.05) is 12.0 Å². The number of nitriles is 1. The molecule has 2 aromatic heterocycles. The number of nitrogens with one attached hydrogen (secondary N) is 4. The van der Waals surface area contributed by atoms with Crippen molar-refractivity contribution in [2.24, 2.45) is 5.73 Å². The van der Waals surface area contributed by atoms with Gasteiger partial charge in [0.1, 0.15) is 21.5 Å². The van der Waals surface area contributed by atoms with E-state index in [4.69, 9.17) is 38.4 Å². The lowest BCUT2D eigenvalue weighted by Crippen LogP contribution is -2.29. The molecule has 0 aliphatic carbocycles. The minimum Gasteiger partial charge on any atom is -0.495 e. The Bertz CT molecular complexity index is 3140. The van der Waals surface area contributed by atoms with Gasteiger partial charge in [0.05, 0.1) is 81.1 Å². The molecule has 0 aliphatic rings. The van der Waals surface area contributed by atoms with Crippen LogP contribution in [0, 0.1) is 25.2 Å². The summed E-state index contributed by atoms with van der Waals surface area (Å²) in [6.07, 6.45) is 2.87. The minimum absolute atomic E-state index is 0.159. The van der Waals surface area contributed by atoms with Gasteiger partial charge >= 0.3 is 0 Å². The predicted octanol–water partition coefficient (Wildman–Crippen LogP) is 11.3. The molecule has 6 aromatic rings. The standard InChI is InChI=1S/C25H32ClN5O3S.C25H28ClN5O3S/c2*1-15(2)35(32,33)22-10-8-7-9-19(22)29-23-18(26)13-28-24(31-23)30-20-11-16(3)17(12-21(20)34-6)25(4,5)14-27/h7-13,15H,14,27H2,1-6H3,(H2,28,29,30,31);7-13,15H,1-6H3,(H2,28,29,30,31). The number of methoxy groups -OCH3 is 2. The third-order valence-electron chi connectivity index (χ3n) is 11.4. The number of sulfone groups is 2. The van der Waals surface area contributed by atoms with Crippen molar-refractivity contribution in [1.29, 1.82) is 5.26 Å². The molecule has 0 bridgehead atoms. The summed E-state index contributed by atoms with van der Waals surface area (Å²) < 4.78 is 62.4. The van der Waals surface area contributed by atoms with Crippen molar-refractivity contribution < 1.29 is 26.3 Å². The number of aryl methyl sites for hydroxylation is 2. The smallest absolute Gasteiger partial charge is 0.229 e. The highest BCUT2D eigenvalue weighted by atomic mass is 35.5. The van der Waals surface area contributed by atoms with Gasteiger partial charge in [-0.15, -0.1) is 0 Å². The van der Waals surface area contributed by atoms with Crippen LogP contribution in [0.1, 0.15) is 77.6 Å². The second-order valence-electron chi connectivity index (χ2n) is 18.0. The number of para-hydroxylation sites is 2. The molecular formula is C50H60Cl2N10O6S2. The lowest BCUT2D eigenvalue weighted by atomic mass is 9.82. The number of ether oxygens (including phenoxy) is 2. The Morgan fingerprint density at radius 2 is 1.03 bits per heavy atom. The van der Waals surface area contributed by atoms with Crippen LogP contribution in [0.3, 0.4) is 0 Å². The molecule has 0 saturated heterocycles. The van der Waals surface area contributed by atoms with Gasteiger partial charge in [0.2, 0.25) is 11.9 Å². The fourth-order valence-corrected chi connectivity index (χ4v) is 9.83. The summed E-state index contributed by atoms with van der Waals surface area (Å²) in [5.74, 6) is 2.15. The molecule has 6 rings (SSSR count). The molecule has 70 heavy (non-hydrogen) atoms. The monoisotopic (exact) mass is 1030 g/mol. The maximum absolute atomic E-state index is 12.8. The molecule has 0 fully saturated rings. The van der Waals surface area contributed by atoms with Crippen LogP contribution in [0.15, 0.2) is 95.0 Å². The fraction of sp³-hybridized carbons (Fsp3) is 0.340. The maximum Gasteiger partial charge on any atom is 0.229 e. The first-order valence-electron chi connectivity index (χ1n) is 22.1. The van der Waals surface area contributed by atoms with Crippen LogP contribution in [0.25, 0.3) is 0 Å². The number of nitrogens with zero attached hydrogens (tertiary/aromatic N) is 5. The highest BCUT2D eigenvalue weighted by molar-refractivity contribution is 7.92. The van der Waals surface area contributed by atoms with Gasteiger partial charge < -0.3 is 36.5 Å². The lowest BCUT2D eigenvalue weighted by molar-refractivity contribution is 0.414. The first kappa shape index (κ1) is 54.7. The number of rotatable bonds is 17. The van der Waals surface area contributed by atoms with Gasteiger partial charge in [-0.1, -0.05) is 61.3 Å². The number of nitrogens with two attached hydrogens (primary N) is 1. The Morgan fingerprint density at radius 3 is 1.40 bits per heavy atom. The topological polar surface area (TPSA) is 236 Å². The minimum atomic E-state index is -3.54. The summed E-state index contributed by atoms with van der Waals surface area (Å²) in [5.41, 5.74) is 11.0. The molecule has 0 amide bonds. The molecule has 0 radical (unpaired) electrons. The zero-order valence-electron chi connectivity index (χ0n) is 41.3. The van der Waals surface area contributed by atoms with Crippen molar-refractivity contribution in [2.45, 2.75) is 100 Å². The van der Waals surface area contributed by atoms with E-state index in [9.17, 15) is 22.1 Å². The Kier molecular flexibility index (Phi) is 17.4. The molecule has 20 heteroatoms. The van der Waals surface area contributed by atoms with E-state index in [2.05, 4.69) is 61.1 Å². The molecule has 16 nitrogen and oxygen atoms in total. The van der Waals surface area contributed by atoms with E-state index in [0.717, 1.165) is 22.3 Å². The second-order valence-corrected chi connectivity index (χ2v) is 23.8. The van der Waals surface area contributed by atoms with Gasteiger partial charge in [-0.2, -0.15) is 15.2 Å². The van der Waals surface area contributed by atoms with Gasteiger partial charge in [-0.05, 0) is 126 Å². The highest BCUT2D eigenvalue weighted by Gasteiger charge is 2.27. The van der Waals surface area contributed by atoms with Gasteiger partial charge in [-0.25, -0.2) is 26.8 Å². The van der Waals surface area contributed by atoms with Crippen LogP contribution in [0.2, 0.25) is 10.0 Å². The Hall–Kier alpha value is -6.23. The summed E-state index contributed by atoms with van der Waals surface area (Å²) in [6.45, 7) is 18.8. The number of anilines is 8. The molecule has 0 aliphatic heterocycles. The summed E-state index contributed by atoms with van der Waals surface area (Å²) >= 11 is 12.7. The van der Waals surface area contributed by atoms with E-state index in [1.807, 2.05) is 52.0 Å². The lowest BCUT2D eigenvalue weighted by Gasteiger charge is -2.26. The third kappa shape index (κ3) is 12.4. The quantitative estimate of drug-likeness (QED) is 0.0571. The van der Waals surface area contributed by atoms with E-state index in [1.54, 1.807) is 90.4 Å². The fourth-order valence-electron chi connectivity index (χ4n) is 7.15. The Labute approximate surface area is 421 Å². The number of halogens is 2. The average Bonchev–Trinajstić information content (AvgIpc) is 3.31. The number of benzene rings is 4. The Balaban J connectivity index is 0.000000261. The summed E-state index contributed by atoms with van der Waals surface area (Å²) in [7, 11) is -3.92. The van der Waals surface area contributed by atoms with E-state index < -0.39 is 35.6 Å². The highest BCUT2D eigenvalue weighted by Crippen LogP contribution is 2.39. The number of hydrogen-bond acceptors (Lipinski definition) is 16. The van der Waals surface area contributed by atoms with Crippen LogP contribution < -0.4 is 36.5 Å². The molecule has 0 saturated carbocycles. The van der Waals surface area contributed by atoms with Crippen molar-refractivity contribution >= 4 is 89.2 Å². The molecule has 0 atom stereocenters. The van der Waals surface area contributed by atoms with E-state index >= 15 is 0 Å². The zero-order chi connectivity index (χ0) is 51.9. The number of aromatic nitrogens is 4. The van der Waals surface area contributed by atoms with E-state index in [1.165, 1.54) is 12.4 Å². The van der Waals surface area contributed by atoms with Crippen molar-refractivity contribution in [3.8, 4) is 17.6 Å². The SMILES string of the molecule is COc1cc(C(C)(C)C#N)c(C)cc1Nc1ncc(Cl)c(Nc2ccccc2S(=O)(=O)C(C)C)n1.COc1cc(C(C)(C)CN)c(C)cc1Nc1ncc(Cl)c(Nc2ccccc2S(=O)(=O)C(C)C)n1. The van der Waals surface area contributed by atoms with Crippen LogP contribution >= 0.6 is 23.2 Å². The summed E-state index contributed by atoms with van der Waals surface area (Å²) in [6, 6.07) is 23.2. The molecule has 6 N–H and O–H groups in total. The normalized spacial score (nSPS) is 11.9. The van der Waals surface area contributed by atoms with Crippen molar-refractivity contribution in [3.05, 3.63) is 117 Å². The van der Waals surface area contributed by atoms with Gasteiger partial charge in [0.25, 0.3) is 0 Å². The maximum atomic E-state index is 12.8. The van der Waals surface area contributed by atoms with Gasteiger partial charge in [-0.3, -0.25) is 0 Å².